The first kappa shape index (κ1) is 10.8. The fourth-order valence-corrected chi connectivity index (χ4v) is 1.96. The molecule has 0 unspecified atom stereocenters. The number of aromatic nitrogens is 2. The summed E-state index contributed by atoms with van der Waals surface area (Å²) >= 11 is 0. The third-order valence-electron chi connectivity index (χ3n) is 2.73. The van der Waals surface area contributed by atoms with Crippen LogP contribution in [0.15, 0.2) is 23.0 Å². The number of hydrogen-bond donors (Lipinski definition) is 1. The van der Waals surface area contributed by atoms with Crippen LogP contribution in [0.2, 0.25) is 0 Å². The van der Waals surface area contributed by atoms with Crippen LogP contribution in [0.1, 0.15) is 13.8 Å². The first-order valence-electron chi connectivity index (χ1n) is 5.45. The summed E-state index contributed by atoms with van der Waals surface area (Å²) < 4.78 is 3.66. The number of nitrogens with two attached hydrogens (primary N) is 1. The molecule has 0 aliphatic carbocycles. The fraction of sp³-hybridized carbons (Fsp3) is 0.417. The van der Waals surface area contributed by atoms with E-state index < -0.39 is 0 Å². The van der Waals surface area contributed by atoms with E-state index >= 15 is 0 Å². The van der Waals surface area contributed by atoms with Gasteiger partial charge >= 0.3 is 0 Å². The van der Waals surface area contributed by atoms with Gasteiger partial charge in [-0.2, -0.15) is 0 Å². The van der Waals surface area contributed by atoms with Crippen LogP contribution in [0.4, 0.5) is 5.69 Å². The molecule has 1 heterocycles. The molecule has 0 aliphatic heterocycles. The second-order valence-electron chi connectivity index (χ2n) is 4.58. The minimum Gasteiger partial charge on any atom is -0.399 e. The van der Waals surface area contributed by atoms with Crippen molar-refractivity contribution in [3.05, 3.63) is 28.6 Å². The zero-order valence-electron chi connectivity index (χ0n) is 9.90. The van der Waals surface area contributed by atoms with Gasteiger partial charge in [0, 0.05) is 19.3 Å². The lowest BCUT2D eigenvalue weighted by atomic mass is 10.2. The van der Waals surface area contributed by atoms with Gasteiger partial charge in [-0.3, -0.25) is 9.48 Å². The summed E-state index contributed by atoms with van der Waals surface area (Å²) in [5, 5.41) is 0.697. The van der Waals surface area contributed by atoms with Crippen molar-refractivity contribution in [3.8, 4) is 0 Å². The largest absolute Gasteiger partial charge is 0.399 e. The molecule has 0 radical (unpaired) electrons. The minimum absolute atomic E-state index is 0.0403. The molecule has 0 saturated heterocycles. The Labute approximate surface area is 94.3 Å². The van der Waals surface area contributed by atoms with Gasteiger partial charge < -0.3 is 5.73 Å². The maximum atomic E-state index is 12.1. The third kappa shape index (κ3) is 1.60. The Bertz CT molecular complexity index is 578. The van der Waals surface area contributed by atoms with Gasteiger partial charge in [-0.15, -0.1) is 0 Å². The molecule has 0 saturated carbocycles. The van der Waals surface area contributed by atoms with Crippen molar-refractivity contribution in [1.29, 1.82) is 0 Å². The quantitative estimate of drug-likeness (QED) is 0.780. The highest BCUT2D eigenvalue weighted by atomic mass is 16.1. The van der Waals surface area contributed by atoms with Gasteiger partial charge in [0.2, 0.25) is 0 Å². The molecule has 2 N–H and O–H groups in total. The molecule has 4 heteroatoms. The molecular formula is C12H17N3O. The molecular weight excluding hydrogens is 202 g/mol. The molecule has 2 aromatic rings. The Morgan fingerprint density at radius 3 is 2.69 bits per heavy atom. The van der Waals surface area contributed by atoms with E-state index in [2.05, 4.69) is 13.8 Å². The van der Waals surface area contributed by atoms with Crippen molar-refractivity contribution < 1.29 is 0 Å². The molecule has 0 fully saturated rings. The molecule has 86 valence electrons. The Morgan fingerprint density at radius 1 is 1.38 bits per heavy atom. The summed E-state index contributed by atoms with van der Waals surface area (Å²) in [6.45, 7) is 4.92. The maximum absolute atomic E-state index is 12.1. The van der Waals surface area contributed by atoms with Crippen LogP contribution in [0.3, 0.4) is 0 Å². The molecule has 0 bridgehead atoms. The summed E-state index contributed by atoms with van der Waals surface area (Å²) in [6, 6.07) is 5.46. The molecule has 0 amide bonds. The van der Waals surface area contributed by atoms with E-state index in [0.717, 1.165) is 12.1 Å². The van der Waals surface area contributed by atoms with Crippen molar-refractivity contribution in [2.45, 2.75) is 20.4 Å². The van der Waals surface area contributed by atoms with E-state index in [4.69, 9.17) is 5.73 Å². The maximum Gasteiger partial charge on any atom is 0.274 e. The van der Waals surface area contributed by atoms with Crippen LogP contribution in [-0.4, -0.2) is 9.36 Å². The fourth-order valence-electron chi connectivity index (χ4n) is 1.96. The normalized spacial score (nSPS) is 11.5. The SMILES string of the molecule is CC(C)Cn1c(=O)c2cc(N)ccc2n1C. The Kier molecular flexibility index (Phi) is 2.50. The van der Waals surface area contributed by atoms with Crippen LogP contribution < -0.4 is 11.3 Å². The predicted molar refractivity (Wildman–Crippen MR) is 66.4 cm³/mol. The highest BCUT2D eigenvalue weighted by Crippen LogP contribution is 2.14. The van der Waals surface area contributed by atoms with E-state index in [1.807, 2.05) is 23.9 Å². The van der Waals surface area contributed by atoms with Gasteiger partial charge in [0.05, 0.1) is 10.9 Å². The van der Waals surface area contributed by atoms with E-state index in [0.29, 0.717) is 17.0 Å². The lowest BCUT2D eigenvalue weighted by molar-refractivity contribution is 0.424. The number of fused-ring (bicyclic) bond motifs is 1. The number of benzene rings is 1. The summed E-state index contributed by atoms with van der Waals surface area (Å²) in [6.07, 6.45) is 0. The van der Waals surface area contributed by atoms with Crippen LogP contribution >= 0.6 is 0 Å². The van der Waals surface area contributed by atoms with Crippen molar-refractivity contribution in [2.75, 3.05) is 5.73 Å². The number of aryl methyl sites for hydroxylation is 1. The van der Waals surface area contributed by atoms with E-state index in [1.54, 1.807) is 10.7 Å². The summed E-state index contributed by atoms with van der Waals surface area (Å²) in [5.74, 6) is 0.443. The molecule has 2 rings (SSSR count). The second kappa shape index (κ2) is 3.70. The van der Waals surface area contributed by atoms with Gasteiger partial charge in [-0.05, 0) is 24.1 Å². The average Bonchev–Trinajstić information content (AvgIpc) is 2.43. The zero-order valence-corrected chi connectivity index (χ0v) is 9.90. The predicted octanol–water partition coefficient (Wildman–Crippen LogP) is 1.58. The van der Waals surface area contributed by atoms with Crippen LogP contribution in [0.25, 0.3) is 10.9 Å². The third-order valence-corrected chi connectivity index (χ3v) is 2.73. The molecule has 0 spiro atoms. The molecule has 1 aromatic heterocycles. The van der Waals surface area contributed by atoms with Crippen molar-refractivity contribution in [3.63, 3.8) is 0 Å². The summed E-state index contributed by atoms with van der Waals surface area (Å²) in [4.78, 5) is 12.1. The van der Waals surface area contributed by atoms with Gasteiger partial charge in [0.25, 0.3) is 5.56 Å². The van der Waals surface area contributed by atoms with Gasteiger partial charge in [-0.1, -0.05) is 13.8 Å². The van der Waals surface area contributed by atoms with Crippen LogP contribution in [-0.2, 0) is 13.6 Å². The van der Waals surface area contributed by atoms with Gasteiger partial charge in [0.1, 0.15) is 0 Å². The van der Waals surface area contributed by atoms with Crippen molar-refractivity contribution >= 4 is 16.6 Å². The number of hydrogen-bond acceptors (Lipinski definition) is 2. The van der Waals surface area contributed by atoms with E-state index in [1.165, 1.54) is 0 Å². The number of rotatable bonds is 2. The second-order valence-corrected chi connectivity index (χ2v) is 4.58. The molecule has 0 aliphatic rings. The van der Waals surface area contributed by atoms with Crippen LogP contribution in [0, 0.1) is 5.92 Å². The van der Waals surface area contributed by atoms with Gasteiger partial charge in [0.15, 0.2) is 0 Å². The smallest absolute Gasteiger partial charge is 0.274 e. The Balaban J connectivity index is 2.72. The summed E-state index contributed by atoms with van der Waals surface area (Å²) in [7, 11) is 1.91. The van der Waals surface area contributed by atoms with Gasteiger partial charge in [-0.25, -0.2) is 4.68 Å². The van der Waals surface area contributed by atoms with E-state index in [9.17, 15) is 4.79 Å². The van der Waals surface area contributed by atoms with Crippen molar-refractivity contribution in [2.24, 2.45) is 13.0 Å². The highest BCUT2D eigenvalue weighted by Gasteiger charge is 2.11. The highest BCUT2D eigenvalue weighted by molar-refractivity contribution is 5.81. The first-order valence-corrected chi connectivity index (χ1v) is 5.45. The lowest BCUT2D eigenvalue weighted by Crippen LogP contribution is -2.23. The topological polar surface area (TPSA) is 52.9 Å². The summed E-state index contributed by atoms with van der Waals surface area (Å²) in [5.41, 5.74) is 7.30. The van der Waals surface area contributed by atoms with Crippen LogP contribution in [0.5, 0.6) is 0 Å². The molecule has 1 aromatic carbocycles. The number of anilines is 1. The van der Waals surface area contributed by atoms with Crippen molar-refractivity contribution in [1.82, 2.24) is 9.36 Å². The zero-order chi connectivity index (χ0) is 11.9. The molecule has 4 nitrogen and oxygen atoms in total. The number of nitrogen functional groups attached to an aromatic ring is 1. The Morgan fingerprint density at radius 2 is 2.06 bits per heavy atom. The lowest BCUT2D eigenvalue weighted by Gasteiger charge is -2.09. The van der Waals surface area contributed by atoms with E-state index in [-0.39, 0.29) is 5.56 Å². The molecule has 16 heavy (non-hydrogen) atoms. The average molecular weight is 219 g/mol. The monoisotopic (exact) mass is 219 g/mol. The standard InChI is InChI=1S/C12H17N3O/c1-8(2)7-15-12(16)10-6-9(13)4-5-11(10)14(15)3/h4-6,8H,7,13H2,1-3H3. The molecule has 0 atom stereocenters. The first-order chi connectivity index (χ1) is 7.50. The minimum atomic E-state index is 0.0403. The number of nitrogens with zero attached hydrogens (tertiary/aromatic N) is 2. The Hall–Kier alpha value is -1.71.